The SMILES string of the molecule is CC(C)NC(=O)C(C)OC(=O)Nc1cccc(Cl)c1. The Labute approximate surface area is 117 Å². The van der Waals surface area contributed by atoms with Crippen LogP contribution in [0, 0.1) is 0 Å². The summed E-state index contributed by atoms with van der Waals surface area (Å²) in [5.41, 5.74) is 0.508. The third kappa shape index (κ3) is 5.61. The first-order valence-corrected chi connectivity index (χ1v) is 6.30. The number of nitrogens with one attached hydrogen (secondary N) is 2. The Morgan fingerprint density at radius 2 is 1.95 bits per heavy atom. The van der Waals surface area contributed by atoms with E-state index in [0.717, 1.165) is 0 Å². The van der Waals surface area contributed by atoms with Crippen LogP contribution >= 0.6 is 11.6 Å². The molecule has 0 radical (unpaired) electrons. The molecule has 1 atom stereocenters. The van der Waals surface area contributed by atoms with Gasteiger partial charge >= 0.3 is 6.09 Å². The highest BCUT2D eigenvalue weighted by Gasteiger charge is 2.18. The predicted octanol–water partition coefficient (Wildman–Crippen LogP) is 2.80. The van der Waals surface area contributed by atoms with Crippen LogP contribution in [-0.2, 0) is 9.53 Å². The fourth-order valence-corrected chi connectivity index (χ4v) is 1.52. The van der Waals surface area contributed by atoms with Gasteiger partial charge in [-0.25, -0.2) is 4.79 Å². The Kier molecular flexibility index (Phi) is 5.63. The number of carbonyl (C=O) groups excluding carboxylic acids is 2. The largest absolute Gasteiger partial charge is 0.436 e. The van der Waals surface area contributed by atoms with Crippen LogP contribution in [0.5, 0.6) is 0 Å². The first-order chi connectivity index (χ1) is 8.88. The monoisotopic (exact) mass is 284 g/mol. The summed E-state index contributed by atoms with van der Waals surface area (Å²) < 4.78 is 4.95. The molecule has 104 valence electrons. The summed E-state index contributed by atoms with van der Waals surface area (Å²) >= 11 is 5.79. The maximum absolute atomic E-state index is 11.6. The summed E-state index contributed by atoms with van der Waals surface area (Å²) in [6.07, 6.45) is -1.56. The van der Waals surface area contributed by atoms with Crippen molar-refractivity contribution in [2.45, 2.75) is 32.9 Å². The molecule has 0 bridgehead atoms. The van der Waals surface area contributed by atoms with E-state index in [4.69, 9.17) is 16.3 Å². The van der Waals surface area contributed by atoms with Gasteiger partial charge in [0.1, 0.15) is 0 Å². The fraction of sp³-hybridized carbons (Fsp3) is 0.385. The van der Waals surface area contributed by atoms with E-state index in [1.807, 2.05) is 13.8 Å². The quantitative estimate of drug-likeness (QED) is 0.893. The Bertz CT molecular complexity index is 463. The molecule has 0 saturated heterocycles. The number of carbonyl (C=O) groups is 2. The molecule has 0 aliphatic heterocycles. The van der Waals surface area contributed by atoms with Crippen molar-refractivity contribution < 1.29 is 14.3 Å². The normalized spacial score (nSPS) is 11.8. The number of anilines is 1. The van der Waals surface area contributed by atoms with Crippen molar-refractivity contribution in [2.75, 3.05) is 5.32 Å². The fourth-order valence-electron chi connectivity index (χ4n) is 1.33. The molecule has 0 saturated carbocycles. The molecule has 0 heterocycles. The summed E-state index contributed by atoms with van der Waals surface area (Å²) in [7, 11) is 0. The topological polar surface area (TPSA) is 67.4 Å². The van der Waals surface area contributed by atoms with Gasteiger partial charge in [0.2, 0.25) is 0 Å². The zero-order chi connectivity index (χ0) is 14.4. The third-order valence-corrected chi connectivity index (χ3v) is 2.39. The molecule has 5 nitrogen and oxygen atoms in total. The summed E-state index contributed by atoms with van der Waals surface area (Å²) in [5.74, 6) is -0.337. The predicted molar refractivity (Wildman–Crippen MR) is 74.3 cm³/mol. The number of ether oxygens (including phenoxy) is 1. The number of benzene rings is 1. The van der Waals surface area contributed by atoms with Crippen molar-refractivity contribution in [1.82, 2.24) is 5.32 Å². The van der Waals surface area contributed by atoms with Crippen LogP contribution in [0.4, 0.5) is 10.5 Å². The minimum absolute atomic E-state index is 0.00505. The molecule has 1 rings (SSSR count). The smallest absolute Gasteiger partial charge is 0.412 e. The lowest BCUT2D eigenvalue weighted by atomic mass is 10.3. The highest BCUT2D eigenvalue weighted by atomic mass is 35.5. The number of hydrogen-bond acceptors (Lipinski definition) is 3. The maximum Gasteiger partial charge on any atom is 0.412 e. The molecule has 0 aliphatic carbocycles. The van der Waals surface area contributed by atoms with Gasteiger partial charge in [-0.3, -0.25) is 10.1 Å². The van der Waals surface area contributed by atoms with Crippen LogP contribution in [-0.4, -0.2) is 24.1 Å². The zero-order valence-electron chi connectivity index (χ0n) is 11.1. The van der Waals surface area contributed by atoms with Crippen molar-refractivity contribution in [1.29, 1.82) is 0 Å². The van der Waals surface area contributed by atoms with Crippen molar-refractivity contribution >= 4 is 29.3 Å². The third-order valence-electron chi connectivity index (χ3n) is 2.15. The molecular weight excluding hydrogens is 268 g/mol. The highest BCUT2D eigenvalue weighted by molar-refractivity contribution is 6.30. The molecule has 1 aromatic rings. The Balaban J connectivity index is 2.49. The van der Waals surface area contributed by atoms with E-state index in [9.17, 15) is 9.59 Å². The van der Waals surface area contributed by atoms with Crippen LogP contribution < -0.4 is 10.6 Å². The van der Waals surface area contributed by atoms with Crippen LogP contribution in [0.25, 0.3) is 0 Å². The molecule has 0 aliphatic rings. The molecule has 0 spiro atoms. The Morgan fingerprint density at radius 3 is 2.53 bits per heavy atom. The van der Waals surface area contributed by atoms with Gasteiger partial charge in [-0.15, -0.1) is 0 Å². The first kappa shape index (κ1) is 15.3. The van der Waals surface area contributed by atoms with Gasteiger partial charge in [-0.05, 0) is 39.0 Å². The van der Waals surface area contributed by atoms with Gasteiger partial charge in [-0.2, -0.15) is 0 Å². The van der Waals surface area contributed by atoms with Crippen molar-refractivity contribution in [3.8, 4) is 0 Å². The number of amides is 2. The summed E-state index contributed by atoms with van der Waals surface area (Å²) in [5, 5.41) is 5.66. The van der Waals surface area contributed by atoms with Crippen molar-refractivity contribution in [3.05, 3.63) is 29.3 Å². The molecule has 19 heavy (non-hydrogen) atoms. The van der Waals surface area contributed by atoms with Gasteiger partial charge in [0.05, 0.1) is 0 Å². The zero-order valence-corrected chi connectivity index (χ0v) is 11.8. The van der Waals surface area contributed by atoms with E-state index in [0.29, 0.717) is 10.7 Å². The van der Waals surface area contributed by atoms with Crippen LogP contribution in [0.2, 0.25) is 5.02 Å². The van der Waals surface area contributed by atoms with Crippen LogP contribution in [0.15, 0.2) is 24.3 Å². The Hall–Kier alpha value is -1.75. The number of halogens is 1. The Morgan fingerprint density at radius 1 is 1.26 bits per heavy atom. The summed E-state index contributed by atoms with van der Waals surface area (Å²) in [6.45, 7) is 5.17. The molecule has 1 aromatic carbocycles. The lowest BCUT2D eigenvalue weighted by Crippen LogP contribution is -2.40. The van der Waals surface area contributed by atoms with E-state index < -0.39 is 12.2 Å². The molecule has 0 aromatic heterocycles. The van der Waals surface area contributed by atoms with Gasteiger partial charge in [0, 0.05) is 16.8 Å². The van der Waals surface area contributed by atoms with Gasteiger partial charge in [0.15, 0.2) is 6.10 Å². The molecule has 2 N–H and O–H groups in total. The summed E-state index contributed by atoms with van der Waals surface area (Å²) in [6, 6.07) is 6.65. The van der Waals surface area contributed by atoms with E-state index in [1.54, 1.807) is 24.3 Å². The standard InChI is InChI=1S/C13H17ClN2O3/c1-8(2)15-12(17)9(3)19-13(18)16-11-6-4-5-10(14)7-11/h4-9H,1-3H3,(H,15,17)(H,16,18). The first-order valence-electron chi connectivity index (χ1n) is 5.92. The van der Waals surface area contributed by atoms with Crippen LogP contribution in [0.1, 0.15) is 20.8 Å². The summed E-state index contributed by atoms with van der Waals surface area (Å²) in [4.78, 5) is 23.1. The minimum Gasteiger partial charge on any atom is -0.436 e. The molecule has 2 amide bonds. The maximum atomic E-state index is 11.6. The van der Waals surface area contributed by atoms with Crippen molar-refractivity contribution in [2.24, 2.45) is 0 Å². The van der Waals surface area contributed by atoms with Gasteiger partial charge in [0.25, 0.3) is 5.91 Å². The molecule has 0 fully saturated rings. The van der Waals surface area contributed by atoms with E-state index in [1.165, 1.54) is 6.92 Å². The molecular formula is C13H17ClN2O3. The lowest BCUT2D eigenvalue weighted by molar-refractivity contribution is -0.128. The van der Waals surface area contributed by atoms with Crippen molar-refractivity contribution in [3.63, 3.8) is 0 Å². The minimum atomic E-state index is -0.860. The van der Waals surface area contributed by atoms with Gasteiger partial charge < -0.3 is 10.1 Å². The molecule has 6 heteroatoms. The number of rotatable bonds is 4. The average molecular weight is 285 g/mol. The highest BCUT2D eigenvalue weighted by Crippen LogP contribution is 2.15. The van der Waals surface area contributed by atoms with Gasteiger partial charge in [-0.1, -0.05) is 17.7 Å². The second-order valence-corrected chi connectivity index (χ2v) is 4.78. The number of hydrogen-bond donors (Lipinski definition) is 2. The second kappa shape index (κ2) is 6.99. The van der Waals surface area contributed by atoms with Crippen LogP contribution in [0.3, 0.4) is 0 Å². The van der Waals surface area contributed by atoms with E-state index in [2.05, 4.69) is 10.6 Å². The second-order valence-electron chi connectivity index (χ2n) is 4.35. The van der Waals surface area contributed by atoms with E-state index >= 15 is 0 Å². The average Bonchev–Trinajstić information content (AvgIpc) is 2.27. The van der Waals surface area contributed by atoms with E-state index in [-0.39, 0.29) is 11.9 Å². The lowest BCUT2D eigenvalue weighted by Gasteiger charge is -2.15. The molecule has 1 unspecified atom stereocenters.